The van der Waals surface area contributed by atoms with Crippen LogP contribution in [-0.2, 0) is 9.59 Å². The van der Waals surface area contributed by atoms with Crippen LogP contribution in [0.4, 0.5) is 0 Å². The number of nitrogens with zero attached hydrogens (tertiary/aromatic N) is 1. The zero-order valence-corrected chi connectivity index (χ0v) is 10.6. The topological polar surface area (TPSA) is 77.8 Å². The lowest BCUT2D eigenvalue weighted by Gasteiger charge is -2.49. The molecular weight excluding hydrogens is 222 g/mol. The van der Waals surface area contributed by atoms with E-state index in [1.54, 1.807) is 0 Å². The first-order valence-corrected chi connectivity index (χ1v) is 5.61. The smallest absolute Gasteiger partial charge is 0.331 e. The Labute approximate surface area is 101 Å². The molecule has 5 nitrogen and oxygen atoms in total. The highest BCUT2D eigenvalue weighted by Gasteiger charge is 2.46. The van der Waals surface area contributed by atoms with Crippen molar-refractivity contribution in [1.82, 2.24) is 4.90 Å². The highest BCUT2D eigenvalue weighted by Crippen LogP contribution is 2.29. The Balaban J connectivity index is 2.71. The van der Waals surface area contributed by atoms with Crippen LogP contribution in [0.1, 0.15) is 27.7 Å². The van der Waals surface area contributed by atoms with Gasteiger partial charge < -0.3 is 15.1 Å². The zero-order chi connectivity index (χ0) is 13.4. The van der Waals surface area contributed by atoms with Crippen molar-refractivity contribution >= 4 is 11.9 Å². The first-order valence-electron chi connectivity index (χ1n) is 5.61. The molecule has 0 aromatic heterocycles. The van der Waals surface area contributed by atoms with Crippen LogP contribution in [0.5, 0.6) is 0 Å². The maximum atomic E-state index is 11.9. The number of hydrogen-bond acceptors (Lipinski definition) is 3. The summed E-state index contributed by atoms with van der Waals surface area (Å²) >= 11 is 0. The Kier molecular flexibility index (Phi) is 3.62. The lowest BCUT2D eigenvalue weighted by atomic mass is 9.82. The largest absolute Gasteiger partial charge is 0.478 e. The van der Waals surface area contributed by atoms with Gasteiger partial charge in [-0.05, 0) is 19.8 Å². The van der Waals surface area contributed by atoms with Crippen molar-refractivity contribution in [3.8, 4) is 0 Å². The molecule has 0 aromatic carbocycles. The summed E-state index contributed by atoms with van der Waals surface area (Å²) in [6.07, 6.45) is 0. The molecular formula is C12H19NO4. The normalized spacial score (nSPS) is 19.8. The number of rotatable bonds is 3. The SMILES string of the molecule is CC(C(=O)O)=C(C)C(=O)N1CC(O)(C(C)C)C1. The second kappa shape index (κ2) is 4.49. The van der Waals surface area contributed by atoms with Gasteiger partial charge in [-0.3, -0.25) is 4.79 Å². The van der Waals surface area contributed by atoms with Crippen LogP contribution in [0.2, 0.25) is 0 Å². The van der Waals surface area contributed by atoms with E-state index < -0.39 is 11.6 Å². The van der Waals surface area contributed by atoms with E-state index in [0.29, 0.717) is 0 Å². The third-order valence-corrected chi connectivity index (χ3v) is 3.50. The number of carboxylic acid groups (broad SMARTS) is 1. The van der Waals surface area contributed by atoms with E-state index in [2.05, 4.69) is 0 Å². The van der Waals surface area contributed by atoms with Crippen LogP contribution in [0.3, 0.4) is 0 Å². The van der Waals surface area contributed by atoms with Gasteiger partial charge in [0.1, 0.15) is 5.60 Å². The van der Waals surface area contributed by atoms with Crippen LogP contribution in [0.25, 0.3) is 0 Å². The van der Waals surface area contributed by atoms with Gasteiger partial charge in [0.15, 0.2) is 0 Å². The monoisotopic (exact) mass is 241 g/mol. The van der Waals surface area contributed by atoms with Crippen molar-refractivity contribution < 1.29 is 19.8 Å². The fourth-order valence-corrected chi connectivity index (χ4v) is 1.68. The minimum Gasteiger partial charge on any atom is -0.478 e. The summed E-state index contributed by atoms with van der Waals surface area (Å²) in [6, 6.07) is 0. The second-order valence-electron chi connectivity index (χ2n) is 4.97. The number of aliphatic hydroxyl groups is 1. The van der Waals surface area contributed by atoms with Crippen LogP contribution in [0.15, 0.2) is 11.1 Å². The van der Waals surface area contributed by atoms with Gasteiger partial charge in [0.2, 0.25) is 5.91 Å². The second-order valence-corrected chi connectivity index (χ2v) is 4.97. The third-order valence-electron chi connectivity index (χ3n) is 3.50. The standard InChI is InChI=1S/C12H19NO4/c1-7(2)12(17)5-13(6-12)10(14)8(3)9(4)11(15)16/h7,17H,5-6H2,1-4H3,(H,15,16). The Morgan fingerprint density at radius 1 is 1.18 bits per heavy atom. The number of hydrogen-bond donors (Lipinski definition) is 2. The molecule has 0 aliphatic carbocycles. The van der Waals surface area contributed by atoms with E-state index in [0.717, 1.165) is 0 Å². The lowest BCUT2D eigenvalue weighted by molar-refractivity contribution is -0.160. The molecule has 96 valence electrons. The van der Waals surface area contributed by atoms with Crippen LogP contribution in [-0.4, -0.2) is 45.7 Å². The van der Waals surface area contributed by atoms with Crippen LogP contribution >= 0.6 is 0 Å². The van der Waals surface area contributed by atoms with Gasteiger partial charge in [-0.2, -0.15) is 0 Å². The maximum Gasteiger partial charge on any atom is 0.331 e. The Bertz CT molecular complexity index is 378. The number of carbonyl (C=O) groups excluding carboxylic acids is 1. The van der Waals surface area contributed by atoms with Gasteiger partial charge in [-0.25, -0.2) is 4.79 Å². The van der Waals surface area contributed by atoms with Gasteiger partial charge in [-0.1, -0.05) is 13.8 Å². The predicted octanol–water partition coefficient (Wildman–Crippen LogP) is 0.637. The number of amides is 1. The van der Waals surface area contributed by atoms with E-state index in [4.69, 9.17) is 5.11 Å². The van der Waals surface area contributed by atoms with E-state index in [1.807, 2.05) is 13.8 Å². The Hall–Kier alpha value is -1.36. The summed E-state index contributed by atoms with van der Waals surface area (Å²) in [5.74, 6) is -1.32. The average molecular weight is 241 g/mol. The Morgan fingerprint density at radius 2 is 1.65 bits per heavy atom. The highest BCUT2D eigenvalue weighted by atomic mass is 16.4. The van der Waals surface area contributed by atoms with Gasteiger partial charge in [-0.15, -0.1) is 0 Å². The molecule has 0 aromatic rings. The van der Waals surface area contributed by atoms with Crippen molar-refractivity contribution in [2.45, 2.75) is 33.3 Å². The average Bonchev–Trinajstić information content (AvgIpc) is 2.21. The summed E-state index contributed by atoms with van der Waals surface area (Å²) in [5.41, 5.74) is -0.550. The molecule has 0 bridgehead atoms. The molecule has 17 heavy (non-hydrogen) atoms. The summed E-state index contributed by atoms with van der Waals surface area (Å²) < 4.78 is 0. The van der Waals surface area contributed by atoms with Crippen LogP contribution < -0.4 is 0 Å². The molecule has 0 atom stereocenters. The molecule has 2 N–H and O–H groups in total. The van der Waals surface area contributed by atoms with Crippen molar-refractivity contribution in [1.29, 1.82) is 0 Å². The molecule has 1 fully saturated rings. The molecule has 1 heterocycles. The molecule has 0 spiro atoms. The van der Waals surface area contributed by atoms with Crippen molar-refractivity contribution in [3.63, 3.8) is 0 Å². The predicted molar refractivity (Wildman–Crippen MR) is 62.4 cm³/mol. The summed E-state index contributed by atoms with van der Waals surface area (Å²) in [6.45, 7) is 7.24. The minimum absolute atomic E-state index is 0.0509. The van der Waals surface area contributed by atoms with Gasteiger partial charge in [0.05, 0.1) is 13.1 Å². The summed E-state index contributed by atoms with van der Waals surface area (Å²) in [4.78, 5) is 24.1. The molecule has 0 unspecified atom stereocenters. The molecule has 0 radical (unpaired) electrons. The lowest BCUT2D eigenvalue weighted by Crippen LogP contribution is -2.66. The number of β-amino-alcohol motifs (C(OH)–C–C–N with tert-alkyl or cyclic N) is 1. The highest BCUT2D eigenvalue weighted by molar-refractivity contribution is 6.01. The van der Waals surface area contributed by atoms with E-state index in [-0.39, 0.29) is 36.1 Å². The first-order chi connectivity index (χ1) is 7.69. The molecule has 1 amide bonds. The molecule has 1 rings (SSSR count). The number of carboxylic acids is 1. The molecule has 1 aliphatic rings. The fraction of sp³-hybridized carbons (Fsp3) is 0.667. The van der Waals surface area contributed by atoms with E-state index in [9.17, 15) is 14.7 Å². The van der Waals surface area contributed by atoms with Gasteiger partial charge >= 0.3 is 5.97 Å². The minimum atomic E-state index is -1.09. The number of carbonyl (C=O) groups is 2. The van der Waals surface area contributed by atoms with Gasteiger partial charge in [0, 0.05) is 11.1 Å². The van der Waals surface area contributed by atoms with E-state index >= 15 is 0 Å². The first kappa shape index (κ1) is 13.7. The fourth-order valence-electron chi connectivity index (χ4n) is 1.68. The van der Waals surface area contributed by atoms with Crippen molar-refractivity contribution in [3.05, 3.63) is 11.1 Å². The van der Waals surface area contributed by atoms with Gasteiger partial charge in [0.25, 0.3) is 0 Å². The number of likely N-dealkylation sites (tertiary alicyclic amines) is 1. The van der Waals surface area contributed by atoms with E-state index in [1.165, 1.54) is 18.7 Å². The van der Waals surface area contributed by atoms with Crippen molar-refractivity contribution in [2.75, 3.05) is 13.1 Å². The summed E-state index contributed by atoms with van der Waals surface area (Å²) in [5, 5.41) is 18.8. The van der Waals surface area contributed by atoms with Crippen LogP contribution in [0, 0.1) is 5.92 Å². The molecule has 5 heteroatoms. The third kappa shape index (κ3) is 2.49. The van der Waals surface area contributed by atoms with Crippen molar-refractivity contribution in [2.24, 2.45) is 5.92 Å². The molecule has 1 aliphatic heterocycles. The summed E-state index contributed by atoms with van der Waals surface area (Å²) in [7, 11) is 0. The zero-order valence-electron chi connectivity index (χ0n) is 10.6. The quantitative estimate of drug-likeness (QED) is 0.711. The number of aliphatic carboxylic acids is 1. The molecule has 1 saturated heterocycles. The maximum absolute atomic E-state index is 11.9. The molecule has 0 saturated carbocycles. The Morgan fingerprint density at radius 3 is 2.00 bits per heavy atom.